The molecule has 20 heavy (non-hydrogen) atoms. The van der Waals surface area contributed by atoms with E-state index in [1.54, 1.807) is 0 Å². The summed E-state index contributed by atoms with van der Waals surface area (Å²) in [4.78, 5) is 0. The minimum absolute atomic E-state index is 0.262. The van der Waals surface area contributed by atoms with E-state index in [0.717, 1.165) is 32.4 Å². The van der Waals surface area contributed by atoms with Gasteiger partial charge >= 0.3 is 0 Å². The van der Waals surface area contributed by atoms with Gasteiger partial charge in [0.25, 0.3) is 0 Å². The molecule has 1 rings (SSSR count). The third-order valence-electron chi connectivity index (χ3n) is 3.54. The molecule has 0 saturated carbocycles. The molecule has 0 saturated heterocycles. The van der Waals surface area contributed by atoms with Gasteiger partial charge in [0.2, 0.25) is 0 Å². The van der Waals surface area contributed by atoms with Crippen LogP contribution in [0.4, 0.5) is 0 Å². The van der Waals surface area contributed by atoms with Crippen LogP contribution in [-0.4, -0.2) is 19.3 Å². The summed E-state index contributed by atoms with van der Waals surface area (Å²) in [5.74, 6) is 0. The first-order valence-corrected chi connectivity index (χ1v) is 8.05. The highest BCUT2D eigenvalue weighted by Crippen LogP contribution is 2.25. The molecule has 0 heterocycles. The summed E-state index contributed by atoms with van der Waals surface area (Å²) in [5, 5.41) is 3.68. The molecule has 2 nitrogen and oxygen atoms in total. The monoisotopic (exact) mass is 277 g/mol. The van der Waals surface area contributed by atoms with Crippen molar-refractivity contribution in [2.24, 2.45) is 0 Å². The average molecular weight is 277 g/mol. The Morgan fingerprint density at radius 2 is 1.65 bits per heavy atom. The lowest BCUT2D eigenvalue weighted by Crippen LogP contribution is -2.34. The van der Waals surface area contributed by atoms with Gasteiger partial charge in [-0.1, -0.05) is 49.6 Å². The van der Waals surface area contributed by atoms with E-state index in [1.165, 1.54) is 16.7 Å². The van der Waals surface area contributed by atoms with Crippen LogP contribution in [0, 0.1) is 13.8 Å². The number of hydrogen-bond acceptors (Lipinski definition) is 2. The summed E-state index contributed by atoms with van der Waals surface area (Å²) >= 11 is 0. The average Bonchev–Trinajstić information content (AvgIpc) is 2.38. The Morgan fingerprint density at radius 3 is 2.15 bits per heavy atom. The van der Waals surface area contributed by atoms with E-state index in [2.05, 4.69) is 58.1 Å². The maximum Gasteiger partial charge on any atom is 0.0769 e. The molecule has 2 unspecified atom stereocenters. The van der Waals surface area contributed by atoms with Crippen LogP contribution in [-0.2, 0) is 4.74 Å². The van der Waals surface area contributed by atoms with Crippen LogP contribution in [0.2, 0.25) is 0 Å². The van der Waals surface area contributed by atoms with E-state index in [4.69, 9.17) is 4.74 Å². The van der Waals surface area contributed by atoms with Crippen molar-refractivity contribution >= 4 is 0 Å². The van der Waals surface area contributed by atoms with Crippen molar-refractivity contribution in [2.45, 2.75) is 66.0 Å². The molecule has 1 N–H and O–H groups in total. The van der Waals surface area contributed by atoms with Gasteiger partial charge in [0.15, 0.2) is 0 Å². The fourth-order valence-electron chi connectivity index (χ4n) is 2.80. The van der Waals surface area contributed by atoms with Gasteiger partial charge in [0.1, 0.15) is 0 Å². The van der Waals surface area contributed by atoms with Crippen LogP contribution in [0.25, 0.3) is 0 Å². The number of rotatable bonds is 9. The van der Waals surface area contributed by atoms with E-state index in [-0.39, 0.29) is 6.10 Å². The number of benzene rings is 1. The molecule has 2 heteroatoms. The predicted octanol–water partition coefficient (Wildman–Crippen LogP) is 4.55. The minimum Gasteiger partial charge on any atom is -0.377 e. The largest absolute Gasteiger partial charge is 0.377 e. The molecule has 0 spiro atoms. The van der Waals surface area contributed by atoms with Gasteiger partial charge in [-0.2, -0.15) is 0 Å². The normalized spacial score (nSPS) is 14.2. The Kier molecular flexibility index (Phi) is 7.86. The Morgan fingerprint density at radius 1 is 1.00 bits per heavy atom. The molecular weight excluding hydrogens is 246 g/mol. The Labute approximate surface area is 124 Å². The molecule has 1 aromatic rings. The highest BCUT2D eigenvalue weighted by Gasteiger charge is 2.22. The van der Waals surface area contributed by atoms with Crippen LogP contribution in [0.3, 0.4) is 0 Å². The first kappa shape index (κ1) is 17.2. The predicted molar refractivity (Wildman–Crippen MR) is 87.3 cm³/mol. The Bertz CT molecular complexity index is 363. The molecule has 114 valence electrons. The highest BCUT2D eigenvalue weighted by molar-refractivity contribution is 5.31. The van der Waals surface area contributed by atoms with Crippen LogP contribution in [0.15, 0.2) is 18.2 Å². The number of aryl methyl sites for hydroxylation is 2. The summed E-state index contributed by atoms with van der Waals surface area (Å²) in [7, 11) is 0. The van der Waals surface area contributed by atoms with Gasteiger partial charge in [-0.25, -0.2) is 0 Å². The third-order valence-corrected chi connectivity index (χ3v) is 3.54. The molecule has 0 fully saturated rings. The molecule has 1 aromatic carbocycles. The number of hydrogen-bond donors (Lipinski definition) is 1. The van der Waals surface area contributed by atoms with Crippen molar-refractivity contribution in [1.82, 2.24) is 5.32 Å². The molecule has 0 aromatic heterocycles. The van der Waals surface area contributed by atoms with Crippen molar-refractivity contribution in [1.29, 1.82) is 0 Å². The second-order valence-corrected chi connectivity index (χ2v) is 5.64. The molecule has 0 amide bonds. The van der Waals surface area contributed by atoms with Crippen molar-refractivity contribution < 1.29 is 4.74 Å². The summed E-state index contributed by atoms with van der Waals surface area (Å²) in [6.45, 7) is 12.7. The minimum atomic E-state index is 0.262. The first-order chi connectivity index (χ1) is 9.62. The zero-order valence-corrected chi connectivity index (χ0v) is 13.8. The molecule has 0 aliphatic heterocycles. The Hall–Kier alpha value is -0.860. The standard InChI is InChI=1S/C18H31NO/c1-6-9-17(20-8-3)18(19-10-7-2)16-12-14(4)11-15(5)13-16/h11-13,17-19H,6-10H2,1-5H3. The third kappa shape index (κ3) is 5.26. The summed E-state index contributed by atoms with van der Waals surface area (Å²) in [5.41, 5.74) is 4.02. The van der Waals surface area contributed by atoms with Crippen molar-refractivity contribution in [3.05, 3.63) is 34.9 Å². The number of nitrogens with one attached hydrogen (secondary N) is 1. The summed E-state index contributed by atoms with van der Waals surface area (Å²) < 4.78 is 6.01. The van der Waals surface area contributed by atoms with Gasteiger partial charge in [0, 0.05) is 6.61 Å². The second-order valence-electron chi connectivity index (χ2n) is 5.64. The molecule has 0 bridgehead atoms. The SMILES string of the molecule is CCCNC(c1cc(C)cc(C)c1)C(CCC)OCC. The van der Waals surface area contributed by atoms with Crippen LogP contribution in [0.1, 0.15) is 62.8 Å². The Balaban J connectivity index is 3.01. The molecular formula is C18H31NO. The molecule has 2 atom stereocenters. The van der Waals surface area contributed by atoms with Crippen molar-refractivity contribution in [2.75, 3.05) is 13.2 Å². The van der Waals surface area contributed by atoms with Gasteiger partial charge in [-0.05, 0) is 45.7 Å². The summed E-state index contributed by atoms with van der Waals surface area (Å²) in [6.07, 6.45) is 3.66. The van der Waals surface area contributed by atoms with E-state index >= 15 is 0 Å². The van der Waals surface area contributed by atoms with Crippen molar-refractivity contribution in [3.8, 4) is 0 Å². The quantitative estimate of drug-likeness (QED) is 0.715. The highest BCUT2D eigenvalue weighted by atomic mass is 16.5. The lowest BCUT2D eigenvalue weighted by atomic mass is 9.95. The van der Waals surface area contributed by atoms with Gasteiger partial charge in [0.05, 0.1) is 12.1 Å². The van der Waals surface area contributed by atoms with E-state index in [1.807, 2.05) is 0 Å². The fraction of sp³-hybridized carbons (Fsp3) is 0.667. The lowest BCUT2D eigenvalue weighted by molar-refractivity contribution is 0.0276. The van der Waals surface area contributed by atoms with E-state index < -0.39 is 0 Å². The molecule has 0 radical (unpaired) electrons. The first-order valence-electron chi connectivity index (χ1n) is 8.05. The van der Waals surface area contributed by atoms with Crippen LogP contribution >= 0.6 is 0 Å². The van der Waals surface area contributed by atoms with Gasteiger partial charge < -0.3 is 10.1 Å². The molecule has 0 aliphatic carbocycles. The molecule has 0 aliphatic rings. The fourth-order valence-corrected chi connectivity index (χ4v) is 2.80. The van der Waals surface area contributed by atoms with Crippen molar-refractivity contribution in [3.63, 3.8) is 0 Å². The number of ether oxygens (including phenoxy) is 1. The lowest BCUT2D eigenvalue weighted by Gasteiger charge is -2.29. The van der Waals surface area contributed by atoms with Crippen LogP contribution < -0.4 is 5.32 Å². The van der Waals surface area contributed by atoms with E-state index in [9.17, 15) is 0 Å². The smallest absolute Gasteiger partial charge is 0.0769 e. The summed E-state index contributed by atoms with van der Waals surface area (Å²) in [6, 6.07) is 7.12. The van der Waals surface area contributed by atoms with E-state index in [0.29, 0.717) is 6.04 Å². The second kappa shape index (κ2) is 9.15. The van der Waals surface area contributed by atoms with Gasteiger partial charge in [-0.15, -0.1) is 0 Å². The topological polar surface area (TPSA) is 21.3 Å². The van der Waals surface area contributed by atoms with Gasteiger partial charge in [-0.3, -0.25) is 0 Å². The maximum atomic E-state index is 6.01. The zero-order chi connectivity index (χ0) is 15.0. The zero-order valence-electron chi connectivity index (χ0n) is 13.8. The maximum absolute atomic E-state index is 6.01. The van der Waals surface area contributed by atoms with Crippen LogP contribution in [0.5, 0.6) is 0 Å².